The first-order valence-electron chi connectivity index (χ1n) is 7.33. The van der Waals surface area contributed by atoms with Crippen LogP contribution in [0.3, 0.4) is 0 Å². The SMILES string of the molecule is Cc1nn(C)c(C)c1CNC(=O)c1nnsc1-c1ccc(Cl)cc1. The number of nitrogens with one attached hydrogen (secondary N) is 1. The van der Waals surface area contributed by atoms with Crippen molar-refractivity contribution in [1.82, 2.24) is 24.7 Å². The number of nitrogens with zero attached hydrogens (tertiary/aromatic N) is 4. The molecule has 8 heteroatoms. The number of aryl methyl sites for hydroxylation is 2. The Bertz CT molecular complexity index is 885. The molecule has 0 aliphatic heterocycles. The van der Waals surface area contributed by atoms with E-state index in [1.165, 1.54) is 11.5 Å². The second-order valence-corrected chi connectivity index (χ2v) is 6.60. The van der Waals surface area contributed by atoms with Gasteiger partial charge in [0.15, 0.2) is 5.69 Å². The van der Waals surface area contributed by atoms with E-state index < -0.39 is 0 Å². The smallest absolute Gasteiger partial charge is 0.273 e. The summed E-state index contributed by atoms with van der Waals surface area (Å²) in [5, 5.41) is 11.9. The lowest BCUT2D eigenvalue weighted by Crippen LogP contribution is -2.24. The summed E-state index contributed by atoms with van der Waals surface area (Å²) < 4.78 is 5.72. The average molecular weight is 362 g/mol. The molecule has 2 aromatic heterocycles. The van der Waals surface area contributed by atoms with Gasteiger partial charge in [-0.05, 0) is 43.1 Å². The van der Waals surface area contributed by atoms with Crippen LogP contribution in [0, 0.1) is 13.8 Å². The Morgan fingerprint density at radius 2 is 2.00 bits per heavy atom. The normalized spacial score (nSPS) is 10.8. The van der Waals surface area contributed by atoms with E-state index in [4.69, 9.17) is 11.6 Å². The molecule has 0 radical (unpaired) electrons. The van der Waals surface area contributed by atoms with Crippen LogP contribution in [-0.2, 0) is 13.6 Å². The lowest BCUT2D eigenvalue weighted by Gasteiger charge is -2.05. The van der Waals surface area contributed by atoms with Crippen LogP contribution in [0.1, 0.15) is 27.4 Å². The van der Waals surface area contributed by atoms with Crippen LogP contribution in [0.25, 0.3) is 10.4 Å². The fourth-order valence-corrected chi connectivity index (χ4v) is 3.25. The Balaban J connectivity index is 1.79. The molecule has 0 atom stereocenters. The summed E-state index contributed by atoms with van der Waals surface area (Å²) in [6, 6.07) is 7.26. The van der Waals surface area contributed by atoms with Crippen molar-refractivity contribution >= 4 is 29.0 Å². The number of amides is 1. The Morgan fingerprint density at radius 3 is 2.62 bits per heavy atom. The second-order valence-electron chi connectivity index (χ2n) is 5.41. The van der Waals surface area contributed by atoms with Crippen molar-refractivity contribution in [3.63, 3.8) is 0 Å². The van der Waals surface area contributed by atoms with Gasteiger partial charge < -0.3 is 5.32 Å². The van der Waals surface area contributed by atoms with Crippen LogP contribution in [0.2, 0.25) is 5.02 Å². The molecule has 1 N–H and O–H groups in total. The van der Waals surface area contributed by atoms with E-state index in [1.807, 2.05) is 33.0 Å². The minimum atomic E-state index is -0.253. The third kappa shape index (κ3) is 3.18. The Hall–Kier alpha value is -2.25. The van der Waals surface area contributed by atoms with Crippen LogP contribution < -0.4 is 5.32 Å². The highest BCUT2D eigenvalue weighted by atomic mass is 35.5. The van der Waals surface area contributed by atoms with Crippen LogP contribution in [0.15, 0.2) is 24.3 Å². The lowest BCUT2D eigenvalue weighted by atomic mass is 10.1. The first-order valence-corrected chi connectivity index (χ1v) is 8.48. The molecule has 0 aliphatic carbocycles. The monoisotopic (exact) mass is 361 g/mol. The van der Waals surface area contributed by atoms with Gasteiger partial charge in [-0.1, -0.05) is 28.2 Å². The van der Waals surface area contributed by atoms with Gasteiger partial charge in [-0.2, -0.15) is 5.10 Å². The molecule has 0 saturated carbocycles. The Kier molecular flexibility index (Phi) is 4.64. The molecular formula is C16H16ClN5OS. The molecule has 0 spiro atoms. The summed E-state index contributed by atoms with van der Waals surface area (Å²) in [6.07, 6.45) is 0. The van der Waals surface area contributed by atoms with Gasteiger partial charge in [0.1, 0.15) is 0 Å². The average Bonchev–Trinajstić information content (AvgIpc) is 3.13. The highest BCUT2D eigenvalue weighted by molar-refractivity contribution is 7.09. The molecule has 0 saturated heterocycles. The number of halogens is 1. The van der Waals surface area contributed by atoms with E-state index in [-0.39, 0.29) is 5.91 Å². The van der Waals surface area contributed by atoms with Crippen molar-refractivity contribution in [3.8, 4) is 10.4 Å². The molecular weight excluding hydrogens is 346 g/mol. The van der Waals surface area contributed by atoms with E-state index in [9.17, 15) is 4.79 Å². The quantitative estimate of drug-likeness (QED) is 0.774. The molecule has 1 amide bonds. The largest absolute Gasteiger partial charge is 0.346 e. The number of rotatable bonds is 4. The van der Waals surface area contributed by atoms with Gasteiger partial charge in [-0.3, -0.25) is 9.48 Å². The minimum absolute atomic E-state index is 0.253. The molecule has 0 fully saturated rings. The van der Waals surface area contributed by atoms with Crippen LogP contribution in [0.5, 0.6) is 0 Å². The van der Waals surface area contributed by atoms with Crippen LogP contribution in [0.4, 0.5) is 0 Å². The van der Waals surface area contributed by atoms with Crippen molar-refractivity contribution in [3.05, 3.63) is 51.9 Å². The maximum Gasteiger partial charge on any atom is 0.273 e. The summed E-state index contributed by atoms with van der Waals surface area (Å²) in [4.78, 5) is 13.2. The van der Waals surface area contributed by atoms with Crippen molar-refractivity contribution < 1.29 is 4.79 Å². The third-order valence-corrected chi connectivity index (χ3v) is 4.92. The highest BCUT2D eigenvalue weighted by Gasteiger charge is 2.19. The van der Waals surface area contributed by atoms with Crippen molar-refractivity contribution in [2.24, 2.45) is 7.05 Å². The zero-order valence-corrected chi connectivity index (χ0v) is 15.1. The Morgan fingerprint density at radius 1 is 1.29 bits per heavy atom. The number of benzene rings is 1. The topological polar surface area (TPSA) is 72.7 Å². The van der Waals surface area contributed by atoms with E-state index in [2.05, 4.69) is 20.0 Å². The van der Waals surface area contributed by atoms with Gasteiger partial charge in [0.2, 0.25) is 0 Å². The van der Waals surface area contributed by atoms with Crippen molar-refractivity contribution in [2.45, 2.75) is 20.4 Å². The lowest BCUT2D eigenvalue weighted by molar-refractivity contribution is 0.0946. The summed E-state index contributed by atoms with van der Waals surface area (Å²) in [7, 11) is 1.89. The highest BCUT2D eigenvalue weighted by Crippen LogP contribution is 2.27. The molecule has 2 heterocycles. The summed E-state index contributed by atoms with van der Waals surface area (Å²) in [6.45, 7) is 4.31. The molecule has 3 aromatic rings. The molecule has 6 nitrogen and oxygen atoms in total. The number of carbonyl (C=O) groups is 1. The Labute approximate surface area is 148 Å². The minimum Gasteiger partial charge on any atom is -0.346 e. The van der Waals surface area contributed by atoms with Gasteiger partial charge in [-0.15, -0.1) is 5.10 Å². The van der Waals surface area contributed by atoms with Gasteiger partial charge in [0, 0.05) is 29.9 Å². The number of hydrogen-bond donors (Lipinski definition) is 1. The number of carbonyl (C=O) groups excluding carboxylic acids is 1. The maximum absolute atomic E-state index is 12.5. The standard InChI is InChI=1S/C16H16ClN5OS/c1-9-13(10(2)22(3)20-9)8-18-16(23)14-15(24-21-19-14)11-4-6-12(17)7-5-11/h4-7H,8H2,1-3H3,(H,18,23). The molecule has 0 unspecified atom stereocenters. The molecule has 124 valence electrons. The third-order valence-electron chi connectivity index (χ3n) is 3.89. The predicted octanol–water partition coefficient (Wildman–Crippen LogP) is 3.14. The summed E-state index contributed by atoms with van der Waals surface area (Å²) in [5.41, 5.74) is 4.14. The molecule has 1 aromatic carbocycles. The van der Waals surface area contributed by atoms with E-state index in [0.29, 0.717) is 17.3 Å². The van der Waals surface area contributed by atoms with Gasteiger partial charge in [0.25, 0.3) is 5.91 Å². The van der Waals surface area contributed by atoms with Crippen LogP contribution in [-0.4, -0.2) is 25.3 Å². The number of hydrogen-bond acceptors (Lipinski definition) is 5. The fraction of sp³-hybridized carbons (Fsp3) is 0.250. The van der Waals surface area contributed by atoms with E-state index in [1.54, 1.807) is 16.8 Å². The fourth-order valence-electron chi connectivity index (χ4n) is 2.46. The van der Waals surface area contributed by atoms with E-state index in [0.717, 1.165) is 27.4 Å². The zero-order valence-electron chi connectivity index (χ0n) is 13.5. The van der Waals surface area contributed by atoms with Crippen molar-refractivity contribution in [2.75, 3.05) is 0 Å². The summed E-state index contributed by atoms with van der Waals surface area (Å²) >= 11 is 7.10. The number of aromatic nitrogens is 4. The predicted molar refractivity (Wildman–Crippen MR) is 94.2 cm³/mol. The molecule has 0 aliphatic rings. The van der Waals surface area contributed by atoms with Gasteiger partial charge >= 0.3 is 0 Å². The van der Waals surface area contributed by atoms with E-state index >= 15 is 0 Å². The molecule has 24 heavy (non-hydrogen) atoms. The van der Waals surface area contributed by atoms with Gasteiger partial charge in [0.05, 0.1) is 10.6 Å². The first kappa shape index (κ1) is 16.6. The summed E-state index contributed by atoms with van der Waals surface area (Å²) in [5.74, 6) is -0.253. The van der Waals surface area contributed by atoms with Crippen molar-refractivity contribution in [1.29, 1.82) is 0 Å². The maximum atomic E-state index is 12.5. The zero-order chi connectivity index (χ0) is 17.3. The first-order chi connectivity index (χ1) is 11.5. The second kappa shape index (κ2) is 6.70. The molecule has 3 rings (SSSR count). The van der Waals surface area contributed by atoms with Gasteiger partial charge in [-0.25, -0.2) is 0 Å². The van der Waals surface area contributed by atoms with Crippen LogP contribution >= 0.6 is 23.1 Å². The molecule has 0 bridgehead atoms.